The fourth-order valence-corrected chi connectivity index (χ4v) is 6.52. The van der Waals surface area contributed by atoms with Crippen molar-refractivity contribution < 1.29 is 18.0 Å². The molecule has 7 nitrogen and oxygen atoms in total. The van der Waals surface area contributed by atoms with E-state index in [2.05, 4.69) is 5.32 Å². The normalized spacial score (nSPS) is 11.9. The number of benzene rings is 4. The van der Waals surface area contributed by atoms with Crippen LogP contribution in [0.1, 0.15) is 35.6 Å². The zero-order valence-corrected chi connectivity index (χ0v) is 26.8. The van der Waals surface area contributed by atoms with Gasteiger partial charge in [0.05, 0.1) is 10.6 Å². The summed E-state index contributed by atoms with van der Waals surface area (Å²) in [7, 11) is -4.19. The van der Waals surface area contributed by atoms with Gasteiger partial charge in [-0.05, 0) is 61.7 Å². The third-order valence-corrected chi connectivity index (χ3v) is 9.26. The van der Waals surface area contributed by atoms with Crippen LogP contribution < -0.4 is 9.62 Å². The third kappa shape index (κ3) is 8.49. The molecule has 0 saturated carbocycles. The van der Waals surface area contributed by atoms with E-state index in [1.165, 1.54) is 23.1 Å². The summed E-state index contributed by atoms with van der Waals surface area (Å²) >= 11 is 6.29. The fraction of sp³-hybridized carbons (Fsp3) is 0.257. The second kappa shape index (κ2) is 15.0. The Balaban J connectivity index is 1.80. The first-order valence-electron chi connectivity index (χ1n) is 14.6. The molecule has 4 rings (SSSR count). The smallest absolute Gasteiger partial charge is 0.264 e. The highest BCUT2D eigenvalue weighted by Crippen LogP contribution is 2.27. The molecule has 44 heavy (non-hydrogen) atoms. The third-order valence-electron chi connectivity index (χ3n) is 7.24. The minimum Gasteiger partial charge on any atom is -0.354 e. The van der Waals surface area contributed by atoms with E-state index in [1.807, 2.05) is 75.4 Å². The van der Waals surface area contributed by atoms with Crippen LogP contribution in [-0.4, -0.2) is 44.3 Å². The molecular weight excluding hydrogens is 594 g/mol. The van der Waals surface area contributed by atoms with Crippen LogP contribution >= 0.6 is 11.6 Å². The predicted molar refractivity (Wildman–Crippen MR) is 176 cm³/mol. The van der Waals surface area contributed by atoms with E-state index < -0.39 is 28.5 Å². The van der Waals surface area contributed by atoms with Crippen molar-refractivity contribution in [1.29, 1.82) is 0 Å². The van der Waals surface area contributed by atoms with Gasteiger partial charge in [-0.2, -0.15) is 0 Å². The number of hydrogen-bond donors (Lipinski definition) is 1. The van der Waals surface area contributed by atoms with E-state index in [4.69, 9.17) is 11.6 Å². The highest BCUT2D eigenvalue weighted by atomic mass is 35.5. The number of carbonyl (C=O) groups is 2. The van der Waals surface area contributed by atoms with Crippen LogP contribution in [0, 0.1) is 13.8 Å². The Hall–Kier alpha value is -4.14. The SMILES string of the molecule is CCCNC(=O)[C@@H](Cc1ccccc1)N(Cc1cccc(C)c1)C(=O)CN(c1cccc(Cl)c1)S(=O)(=O)c1ccc(C)cc1. The summed E-state index contributed by atoms with van der Waals surface area (Å²) in [6.07, 6.45) is 0.989. The van der Waals surface area contributed by atoms with Crippen molar-refractivity contribution >= 4 is 39.1 Å². The van der Waals surface area contributed by atoms with Crippen molar-refractivity contribution in [1.82, 2.24) is 10.2 Å². The molecule has 0 aliphatic rings. The lowest BCUT2D eigenvalue weighted by Gasteiger charge is -2.34. The topological polar surface area (TPSA) is 86.8 Å². The van der Waals surface area contributed by atoms with Crippen LogP contribution in [0.4, 0.5) is 5.69 Å². The minimum atomic E-state index is -4.19. The summed E-state index contributed by atoms with van der Waals surface area (Å²) in [5, 5.41) is 3.29. The van der Waals surface area contributed by atoms with Crippen LogP contribution in [0.25, 0.3) is 0 Å². The largest absolute Gasteiger partial charge is 0.354 e. The van der Waals surface area contributed by atoms with E-state index in [1.54, 1.807) is 30.3 Å². The van der Waals surface area contributed by atoms with Gasteiger partial charge in [0.15, 0.2) is 0 Å². The Morgan fingerprint density at radius 3 is 2.16 bits per heavy atom. The summed E-state index contributed by atoms with van der Waals surface area (Å²) in [5.41, 5.74) is 3.87. The second-order valence-electron chi connectivity index (χ2n) is 10.8. The molecule has 0 saturated heterocycles. The lowest BCUT2D eigenvalue weighted by molar-refractivity contribution is -0.140. The molecule has 0 aromatic heterocycles. The molecule has 0 aliphatic heterocycles. The summed E-state index contributed by atoms with van der Waals surface area (Å²) in [5.74, 6) is -0.817. The van der Waals surface area contributed by atoms with Gasteiger partial charge in [-0.25, -0.2) is 8.42 Å². The Morgan fingerprint density at radius 1 is 0.818 bits per heavy atom. The van der Waals surface area contributed by atoms with E-state index >= 15 is 0 Å². The van der Waals surface area contributed by atoms with Crippen molar-refractivity contribution in [3.63, 3.8) is 0 Å². The molecule has 0 spiro atoms. The Bertz CT molecular complexity index is 1680. The van der Waals surface area contributed by atoms with Gasteiger partial charge in [0.25, 0.3) is 10.0 Å². The van der Waals surface area contributed by atoms with Crippen LogP contribution in [0.15, 0.2) is 108 Å². The number of aryl methyl sites for hydroxylation is 2. The number of sulfonamides is 1. The van der Waals surface area contributed by atoms with Gasteiger partial charge in [-0.15, -0.1) is 0 Å². The molecule has 9 heteroatoms. The molecule has 230 valence electrons. The van der Waals surface area contributed by atoms with Crippen molar-refractivity contribution in [2.75, 3.05) is 17.4 Å². The molecule has 0 unspecified atom stereocenters. The van der Waals surface area contributed by atoms with Crippen LogP contribution in [-0.2, 0) is 32.6 Å². The number of nitrogens with one attached hydrogen (secondary N) is 1. The molecule has 4 aromatic rings. The quantitative estimate of drug-likeness (QED) is 0.187. The van der Waals surface area contributed by atoms with Crippen molar-refractivity contribution in [3.05, 3.63) is 130 Å². The van der Waals surface area contributed by atoms with Gasteiger partial charge in [-0.3, -0.25) is 13.9 Å². The van der Waals surface area contributed by atoms with Crippen LogP contribution in [0.2, 0.25) is 5.02 Å². The maximum Gasteiger partial charge on any atom is 0.264 e. The molecule has 0 heterocycles. The number of rotatable bonds is 13. The van der Waals surface area contributed by atoms with Gasteiger partial charge in [0.1, 0.15) is 12.6 Å². The fourth-order valence-electron chi connectivity index (χ4n) is 4.92. The summed E-state index contributed by atoms with van der Waals surface area (Å²) < 4.78 is 29.2. The molecule has 1 N–H and O–H groups in total. The minimum absolute atomic E-state index is 0.0441. The van der Waals surface area contributed by atoms with Gasteiger partial charge in [0, 0.05) is 24.5 Å². The Labute approximate surface area is 265 Å². The zero-order valence-electron chi connectivity index (χ0n) is 25.2. The van der Waals surface area contributed by atoms with E-state index in [0.29, 0.717) is 11.6 Å². The van der Waals surface area contributed by atoms with Crippen molar-refractivity contribution in [2.24, 2.45) is 0 Å². The standard InChI is InChI=1S/C35H38ClN3O4S/c1-4-20-37-35(41)33(22-28-11-6-5-7-12-28)38(24-29-13-8-10-27(3)21-29)34(40)25-39(31-15-9-14-30(36)23-31)44(42,43)32-18-16-26(2)17-19-32/h5-19,21,23,33H,4,20,22,24-25H2,1-3H3,(H,37,41)/t33-/m1/s1. The number of hydrogen-bond acceptors (Lipinski definition) is 4. The molecular formula is C35H38ClN3O4S. The number of carbonyl (C=O) groups excluding carboxylic acids is 2. The zero-order chi connectivity index (χ0) is 31.7. The van der Waals surface area contributed by atoms with E-state index in [0.717, 1.165) is 33.0 Å². The lowest BCUT2D eigenvalue weighted by Crippen LogP contribution is -2.53. The van der Waals surface area contributed by atoms with Crippen LogP contribution in [0.3, 0.4) is 0 Å². The maximum atomic E-state index is 14.5. The molecule has 1 atom stereocenters. The average molecular weight is 632 g/mol. The maximum absolute atomic E-state index is 14.5. The van der Waals surface area contributed by atoms with E-state index in [-0.39, 0.29) is 29.5 Å². The highest BCUT2D eigenvalue weighted by molar-refractivity contribution is 7.92. The summed E-state index contributed by atoms with van der Waals surface area (Å²) in [6.45, 7) is 5.82. The molecule has 4 aromatic carbocycles. The molecule has 0 bridgehead atoms. The van der Waals surface area contributed by atoms with Crippen molar-refractivity contribution in [2.45, 2.75) is 51.1 Å². The average Bonchev–Trinajstić information content (AvgIpc) is 3.01. The second-order valence-corrected chi connectivity index (χ2v) is 13.1. The molecule has 0 fully saturated rings. The summed E-state index contributed by atoms with van der Waals surface area (Å²) in [6, 6.07) is 29.2. The number of nitrogens with zero attached hydrogens (tertiary/aromatic N) is 2. The monoisotopic (exact) mass is 631 g/mol. The lowest BCUT2D eigenvalue weighted by atomic mass is 10.0. The predicted octanol–water partition coefficient (Wildman–Crippen LogP) is 6.32. The highest BCUT2D eigenvalue weighted by Gasteiger charge is 2.34. The van der Waals surface area contributed by atoms with Gasteiger partial charge >= 0.3 is 0 Å². The Morgan fingerprint density at radius 2 is 1.50 bits per heavy atom. The molecule has 2 amide bonds. The molecule has 0 radical (unpaired) electrons. The van der Waals surface area contributed by atoms with Gasteiger partial charge in [0.2, 0.25) is 11.8 Å². The molecule has 0 aliphatic carbocycles. The Kier molecular flexibility index (Phi) is 11.2. The first kappa shape index (κ1) is 32.8. The van der Waals surface area contributed by atoms with E-state index in [9.17, 15) is 18.0 Å². The first-order chi connectivity index (χ1) is 21.1. The number of amides is 2. The number of anilines is 1. The number of halogens is 1. The van der Waals surface area contributed by atoms with Crippen LogP contribution in [0.5, 0.6) is 0 Å². The summed E-state index contributed by atoms with van der Waals surface area (Å²) in [4.78, 5) is 29.7. The first-order valence-corrected chi connectivity index (χ1v) is 16.4. The van der Waals surface area contributed by atoms with Crippen molar-refractivity contribution in [3.8, 4) is 0 Å². The van der Waals surface area contributed by atoms with Gasteiger partial charge < -0.3 is 10.2 Å². The van der Waals surface area contributed by atoms with Gasteiger partial charge in [-0.1, -0.05) is 102 Å².